The van der Waals surface area contributed by atoms with E-state index in [2.05, 4.69) is 62.2 Å². The number of aryl methyl sites for hydroxylation is 2. The average molecular weight is 305 g/mol. The molecule has 2 aliphatic rings. The summed E-state index contributed by atoms with van der Waals surface area (Å²) in [6, 6.07) is 6.93. The van der Waals surface area contributed by atoms with Crippen molar-refractivity contribution in [2.45, 2.75) is 39.5 Å². The molecule has 0 unspecified atom stereocenters. The molecule has 0 radical (unpaired) electrons. The molecule has 1 heteroatoms. The lowest BCUT2D eigenvalue weighted by atomic mass is 9.86. The Bertz CT molecular complexity index is 693. The molecule has 1 saturated heterocycles. The van der Waals surface area contributed by atoms with Gasteiger partial charge in [0.15, 0.2) is 0 Å². The Hall–Kier alpha value is -1.86. The van der Waals surface area contributed by atoms with Gasteiger partial charge in [0.1, 0.15) is 0 Å². The minimum absolute atomic E-state index is 1.08. The van der Waals surface area contributed by atoms with Crippen molar-refractivity contribution in [3.63, 3.8) is 0 Å². The smallest absolute Gasteiger partial charge is 0.00111 e. The second kappa shape index (κ2) is 7.14. The van der Waals surface area contributed by atoms with Gasteiger partial charge in [0.25, 0.3) is 0 Å². The largest absolute Gasteiger partial charge is 0.316 e. The molecule has 120 valence electrons. The number of rotatable bonds is 1. The van der Waals surface area contributed by atoms with E-state index in [0.717, 1.165) is 38.8 Å². The van der Waals surface area contributed by atoms with E-state index >= 15 is 0 Å². The monoisotopic (exact) mass is 305 g/mol. The molecule has 1 heterocycles. The van der Waals surface area contributed by atoms with Crippen molar-refractivity contribution in [3.8, 4) is 0 Å². The highest BCUT2D eigenvalue weighted by Crippen LogP contribution is 2.40. The second-order valence-electron chi connectivity index (χ2n) is 6.59. The van der Waals surface area contributed by atoms with Crippen molar-refractivity contribution in [1.29, 1.82) is 0 Å². The highest BCUT2D eigenvalue weighted by Gasteiger charge is 2.22. The predicted molar refractivity (Wildman–Crippen MR) is 101 cm³/mol. The van der Waals surface area contributed by atoms with Crippen LogP contribution < -0.4 is 5.32 Å². The summed E-state index contributed by atoms with van der Waals surface area (Å²) in [5.74, 6) is 0. The molecule has 1 aliphatic heterocycles. The second-order valence-corrected chi connectivity index (χ2v) is 6.59. The molecule has 23 heavy (non-hydrogen) atoms. The summed E-state index contributed by atoms with van der Waals surface area (Å²) in [7, 11) is 0. The minimum Gasteiger partial charge on any atom is -0.316 e. The van der Waals surface area contributed by atoms with Gasteiger partial charge in [-0.25, -0.2) is 0 Å². The number of benzene rings is 1. The summed E-state index contributed by atoms with van der Waals surface area (Å²) in [6.45, 7) is 10.9. The van der Waals surface area contributed by atoms with Gasteiger partial charge in [-0.3, -0.25) is 0 Å². The Balaban J connectivity index is 2.16. The first-order chi connectivity index (χ1) is 11.2. The van der Waals surface area contributed by atoms with Crippen molar-refractivity contribution in [3.05, 3.63) is 76.4 Å². The molecule has 1 nitrogen and oxygen atoms in total. The lowest BCUT2D eigenvalue weighted by Gasteiger charge is -2.23. The molecular formula is C22H27N. The van der Waals surface area contributed by atoms with E-state index in [1.165, 1.54) is 33.4 Å². The van der Waals surface area contributed by atoms with Gasteiger partial charge in [0.2, 0.25) is 0 Å². The van der Waals surface area contributed by atoms with Crippen molar-refractivity contribution >= 4 is 5.57 Å². The van der Waals surface area contributed by atoms with E-state index in [1.54, 1.807) is 5.57 Å². The number of hydrogen-bond acceptors (Lipinski definition) is 1. The van der Waals surface area contributed by atoms with Crippen molar-refractivity contribution < 1.29 is 0 Å². The van der Waals surface area contributed by atoms with Gasteiger partial charge in [0, 0.05) is 0 Å². The molecule has 0 amide bonds. The molecule has 1 aliphatic carbocycles. The van der Waals surface area contributed by atoms with E-state index < -0.39 is 0 Å². The van der Waals surface area contributed by atoms with Crippen molar-refractivity contribution in [1.82, 2.24) is 5.32 Å². The highest BCUT2D eigenvalue weighted by atomic mass is 14.9. The van der Waals surface area contributed by atoms with Gasteiger partial charge in [-0.1, -0.05) is 54.1 Å². The third-order valence-corrected chi connectivity index (χ3v) is 4.93. The van der Waals surface area contributed by atoms with Crippen LogP contribution >= 0.6 is 0 Å². The normalized spacial score (nSPS) is 21.0. The van der Waals surface area contributed by atoms with Crippen molar-refractivity contribution in [2.75, 3.05) is 13.1 Å². The summed E-state index contributed by atoms with van der Waals surface area (Å²) < 4.78 is 0. The third kappa shape index (κ3) is 3.40. The molecule has 0 aromatic heterocycles. The van der Waals surface area contributed by atoms with Gasteiger partial charge in [0.05, 0.1) is 0 Å². The summed E-state index contributed by atoms with van der Waals surface area (Å²) >= 11 is 0. The highest BCUT2D eigenvalue weighted by molar-refractivity contribution is 5.87. The number of piperidine rings is 1. The SMILES string of the molecule is C=C1C(=C2CCNCC2)c2ccc(C)cc2CC/C1=C/C=C\C. The maximum absolute atomic E-state index is 4.51. The molecule has 1 aromatic carbocycles. The van der Waals surface area contributed by atoms with Crippen LogP contribution in [0.15, 0.2) is 59.7 Å². The van der Waals surface area contributed by atoms with Crippen LogP contribution in [0.3, 0.4) is 0 Å². The first-order valence-electron chi connectivity index (χ1n) is 8.75. The molecular weight excluding hydrogens is 278 g/mol. The Morgan fingerprint density at radius 1 is 1.09 bits per heavy atom. The van der Waals surface area contributed by atoms with Gasteiger partial charge >= 0.3 is 0 Å². The Kier molecular flexibility index (Phi) is 4.97. The number of hydrogen-bond donors (Lipinski definition) is 1. The molecule has 0 bridgehead atoms. The van der Waals surface area contributed by atoms with Crippen LogP contribution in [0.4, 0.5) is 0 Å². The maximum atomic E-state index is 4.51. The van der Waals surface area contributed by atoms with Crippen LogP contribution in [-0.2, 0) is 6.42 Å². The van der Waals surface area contributed by atoms with Gasteiger partial charge in [-0.05, 0) is 80.5 Å². The molecule has 0 spiro atoms. The maximum Gasteiger partial charge on any atom is -0.00111 e. The minimum atomic E-state index is 1.08. The van der Waals surface area contributed by atoms with Crippen LogP contribution in [0.25, 0.3) is 5.57 Å². The topological polar surface area (TPSA) is 12.0 Å². The average Bonchev–Trinajstić information content (AvgIpc) is 2.70. The van der Waals surface area contributed by atoms with E-state index in [-0.39, 0.29) is 0 Å². The Morgan fingerprint density at radius 2 is 1.87 bits per heavy atom. The van der Waals surface area contributed by atoms with Gasteiger partial charge < -0.3 is 5.32 Å². The molecule has 1 aromatic rings. The van der Waals surface area contributed by atoms with Crippen LogP contribution in [0.5, 0.6) is 0 Å². The lowest BCUT2D eigenvalue weighted by Crippen LogP contribution is -2.24. The fraction of sp³-hybridized carbons (Fsp3) is 0.364. The Morgan fingerprint density at radius 3 is 2.61 bits per heavy atom. The standard InChI is InChI=1S/C22H27N/c1-4-5-6-18-8-9-20-15-16(2)7-10-21(20)22(17(18)3)19-11-13-23-14-12-19/h4-7,10,15,23H,3,8-9,11-14H2,1-2H3/b5-4-,18-6-. The van der Waals surface area contributed by atoms with Crippen LogP contribution in [0.2, 0.25) is 0 Å². The first kappa shape index (κ1) is 16.0. The summed E-state index contributed by atoms with van der Waals surface area (Å²) in [4.78, 5) is 0. The Labute approximate surface area is 140 Å². The first-order valence-corrected chi connectivity index (χ1v) is 8.75. The number of allylic oxidation sites excluding steroid dienone is 6. The molecule has 3 rings (SSSR count). The summed E-state index contributed by atoms with van der Waals surface area (Å²) in [5.41, 5.74) is 9.88. The number of fused-ring (bicyclic) bond motifs is 1. The summed E-state index contributed by atoms with van der Waals surface area (Å²) in [5, 5.41) is 3.47. The third-order valence-electron chi connectivity index (χ3n) is 4.93. The summed E-state index contributed by atoms with van der Waals surface area (Å²) in [6.07, 6.45) is 11.0. The molecule has 0 saturated carbocycles. The fourth-order valence-electron chi connectivity index (χ4n) is 3.70. The van der Waals surface area contributed by atoms with Crippen molar-refractivity contribution in [2.24, 2.45) is 0 Å². The van der Waals surface area contributed by atoms with E-state index in [4.69, 9.17) is 0 Å². The van der Waals surface area contributed by atoms with Crippen LogP contribution in [0.1, 0.15) is 42.9 Å². The quantitative estimate of drug-likeness (QED) is 0.709. The number of nitrogens with one attached hydrogen (secondary N) is 1. The van der Waals surface area contributed by atoms with Gasteiger partial charge in [-0.2, -0.15) is 0 Å². The zero-order valence-electron chi connectivity index (χ0n) is 14.4. The fourth-order valence-corrected chi connectivity index (χ4v) is 3.70. The molecule has 0 atom stereocenters. The van der Waals surface area contributed by atoms with E-state index in [9.17, 15) is 0 Å². The van der Waals surface area contributed by atoms with Gasteiger partial charge in [-0.15, -0.1) is 0 Å². The molecule has 1 fully saturated rings. The lowest BCUT2D eigenvalue weighted by molar-refractivity contribution is 0.611. The zero-order chi connectivity index (χ0) is 16.2. The zero-order valence-corrected chi connectivity index (χ0v) is 14.4. The molecule has 1 N–H and O–H groups in total. The van der Waals surface area contributed by atoms with Crippen LogP contribution in [-0.4, -0.2) is 13.1 Å². The predicted octanol–water partition coefficient (Wildman–Crippen LogP) is 5.14. The van der Waals surface area contributed by atoms with E-state index in [1.807, 2.05) is 0 Å². The van der Waals surface area contributed by atoms with E-state index in [0.29, 0.717) is 0 Å². The van der Waals surface area contributed by atoms with Crippen LogP contribution in [0, 0.1) is 6.92 Å².